The number of aromatic hydroxyl groups is 1. The first-order valence-corrected chi connectivity index (χ1v) is 8.76. The molecule has 0 heterocycles. The fourth-order valence-corrected chi connectivity index (χ4v) is 2.57. The lowest BCUT2D eigenvalue weighted by Gasteiger charge is -2.24. The van der Waals surface area contributed by atoms with Gasteiger partial charge in [0.1, 0.15) is 5.75 Å². The number of phenols is 1. The van der Waals surface area contributed by atoms with E-state index in [-0.39, 0.29) is 47.0 Å². The number of benzene rings is 1. The quantitative estimate of drug-likeness (QED) is 0.854. The first-order chi connectivity index (χ1) is 11.3. The highest BCUT2D eigenvalue weighted by atomic mass is 16.3. The van der Waals surface area contributed by atoms with Crippen molar-refractivity contribution in [3.8, 4) is 5.75 Å². The summed E-state index contributed by atoms with van der Waals surface area (Å²) in [5.41, 5.74) is 1.64. The molecule has 0 unspecified atom stereocenters. The van der Waals surface area contributed by atoms with E-state index in [1.165, 1.54) is 4.90 Å². The van der Waals surface area contributed by atoms with E-state index in [4.69, 9.17) is 0 Å². The Morgan fingerprint density at radius 1 is 1.12 bits per heavy atom. The van der Waals surface area contributed by atoms with Crippen molar-refractivity contribution in [3.63, 3.8) is 0 Å². The molecule has 0 saturated heterocycles. The van der Waals surface area contributed by atoms with E-state index in [2.05, 4.69) is 5.32 Å². The molecule has 5 heteroatoms. The van der Waals surface area contributed by atoms with Crippen molar-refractivity contribution < 1.29 is 14.7 Å². The predicted octanol–water partition coefficient (Wildman–Crippen LogP) is 3.63. The minimum atomic E-state index is -0.356. The van der Waals surface area contributed by atoms with Gasteiger partial charge in [-0.15, -0.1) is 0 Å². The van der Waals surface area contributed by atoms with Gasteiger partial charge in [0, 0.05) is 12.6 Å². The van der Waals surface area contributed by atoms with Crippen LogP contribution in [0.15, 0.2) is 12.1 Å². The standard InChI is InChI=1S/C20H32N2O3/c1-12(2)14-9-15(13(3)4)18(24)16(10-14)19(25)22(8)11-17(23)21-20(5,6)7/h9-10,12-13,24H,11H2,1-8H3,(H,21,23). The van der Waals surface area contributed by atoms with Crippen molar-refractivity contribution in [2.45, 2.75) is 65.8 Å². The highest BCUT2D eigenvalue weighted by Gasteiger charge is 2.23. The van der Waals surface area contributed by atoms with Crippen molar-refractivity contribution in [2.24, 2.45) is 0 Å². The molecule has 5 nitrogen and oxygen atoms in total. The molecule has 0 atom stereocenters. The summed E-state index contributed by atoms with van der Waals surface area (Å²) in [6, 6.07) is 3.68. The lowest BCUT2D eigenvalue weighted by atomic mass is 9.91. The second kappa shape index (κ2) is 7.89. The fourth-order valence-electron chi connectivity index (χ4n) is 2.57. The van der Waals surface area contributed by atoms with Crippen LogP contribution in [0.5, 0.6) is 5.75 Å². The van der Waals surface area contributed by atoms with Crippen LogP contribution in [-0.4, -0.2) is 41.0 Å². The van der Waals surface area contributed by atoms with Gasteiger partial charge in [-0.3, -0.25) is 9.59 Å². The number of likely N-dealkylation sites (N-methyl/N-ethyl adjacent to an activating group) is 1. The summed E-state index contributed by atoms with van der Waals surface area (Å²) in [6.45, 7) is 13.7. The highest BCUT2D eigenvalue weighted by molar-refractivity contribution is 5.99. The van der Waals surface area contributed by atoms with Crippen LogP contribution in [0.4, 0.5) is 0 Å². The van der Waals surface area contributed by atoms with E-state index in [1.807, 2.05) is 54.5 Å². The fraction of sp³-hybridized carbons (Fsp3) is 0.600. The zero-order chi connectivity index (χ0) is 19.5. The molecule has 25 heavy (non-hydrogen) atoms. The van der Waals surface area contributed by atoms with Gasteiger partial charge >= 0.3 is 0 Å². The highest BCUT2D eigenvalue weighted by Crippen LogP contribution is 2.33. The Bertz CT molecular complexity index is 643. The molecule has 0 fully saturated rings. The Balaban J connectivity index is 3.13. The van der Waals surface area contributed by atoms with Crippen LogP contribution in [0, 0.1) is 0 Å². The Labute approximate surface area is 151 Å². The second-order valence-corrected chi connectivity index (χ2v) is 8.28. The second-order valence-electron chi connectivity index (χ2n) is 8.28. The molecule has 1 rings (SSSR count). The average molecular weight is 348 g/mol. The third-order valence-electron chi connectivity index (χ3n) is 3.92. The minimum Gasteiger partial charge on any atom is -0.507 e. The molecule has 1 aromatic rings. The zero-order valence-corrected chi connectivity index (χ0v) is 16.7. The molecular formula is C20H32N2O3. The molecule has 0 saturated carbocycles. The normalized spacial score (nSPS) is 11.8. The van der Waals surface area contributed by atoms with Crippen LogP contribution in [0.3, 0.4) is 0 Å². The van der Waals surface area contributed by atoms with Crippen LogP contribution in [0.2, 0.25) is 0 Å². The van der Waals surface area contributed by atoms with E-state index >= 15 is 0 Å². The SMILES string of the molecule is CC(C)c1cc(C(=O)N(C)CC(=O)NC(C)(C)C)c(O)c(C(C)C)c1. The number of amides is 2. The van der Waals surface area contributed by atoms with Gasteiger partial charge in [-0.1, -0.05) is 33.8 Å². The van der Waals surface area contributed by atoms with Crippen molar-refractivity contribution in [1.82, 2.24) is 10.2 Å². The van der Waals surface area contributed by atoms with Gasteiger partial charge in [0.2, 0.25) is 5.91 Å². The smallest absolute Gasteiger partial charge is 0.257 e. The third kappa shape index (κ3) is 5.76. The van der Waals surface area contributed by atoms with Crippen LogP contribution >= 0.6 is 0 Å². The number of nitrogens with zero attached hydrogens (tertiary/aromatic N) is 1. The monoisotopic (exact) mass is 348 g/mol. The number of nitrogens with one attached hydrogen (secondary N) is 1. The molecule has 2 amide bonds. The Kier molecular flexibility index (Phi) is 6.63. The number of hydrogen-bond acceptors (Lipinski definition) is 3. The summed E-state index contributed by atoms with van der Waals surface area (Å²) >= 11 is 0. The maximum absolute atomic E-state index is 12.8. The molecule has 0 aliphatic heterocycles. The molecule has 0 radical (unpaired) electrons. The summed E-state index contributed by atoms with van der Waals surface area (Å²) in [7, 11) is 1.57. The maximum Gasteiger partial charge on any atom is 0.257 e. The number of rotatable bonds is 5. The van der Waals surface area contributed by atoms with Gasteiger partial charge in [-0.2, -0.15) is 0 Å². The van der Waals surface area contributed by atoms with Crippen molar-refractivity contribution in [1.29, 1.82) is 0 Å². The number of carbonyl (C=O) groups is 2. The predicted molar refractivity (Wildman–Crippen MR) is 101 cm³/mol. The lowest BCUT2D eigenvalue weighted by Crippen LogP contribution is -2.46. The van der Waals surface area contributed by atoms with E-state index in [0.717, 1.165) is 11.1 Å². The Morgan fingerprint density at radius 3 is 2.12 bits per heavy atom. The van der Waals surface area contributed by atoms with Crippen molar-refractivity contribution in [3.05, 3.63) is 28.8 Å². The van der Waals surface area contributed by atoms with Gasteiger partial charge < -0.3 is 15.3 Å². The van der Waals surface area contributed by atoms with Gasteiger partial charge in [0.05, 0.1) is 12.1 Å². The van der Waals surface area contributed by atoms with Crippen LogP contribution in [0.1, 0.15) is 81.8 Å². The summed E-state index contributed by atoms with van der Waals surface area (Å²) in [6.07, 6.45) is 0. The van der Waals surface area contributed by atoms with Crippen molar-refractivity contribution in [2.75, 3.05) is 13.6 Å². The van der Waals surface area contributed by atoms with Gasteiger partial charge in [-0.25, -0.2) is 0 Å². The van der Waals surface area contributed by atoms with Gasteiger partial charge in [0.25, 0.3) is 5.91 Å². The number of hydrogen-bond donors (Lipinski definition) is 2. The summed E-state index contributed by atoms with van der Waals surface area (Å²) in [4.78, 5) is 26.2. The van der Waals surface area contributed by atoms with E-state index in [0.29, 0.717) is 0 Å². The molecule has 1 aromatic carbocycles. The van der Waals surface area contributed by atoms with Gasteiger partial charge in [-0.05, 0) is 49.8 Å². The maximum atomic E-state index is 12.8. The van der Waals surface area contributed by atoms with Crippen LogP contribution < -0.4 is 5.32 Å². The first-order valence-electron chi connectivity index (χ1n) is 8.76. The van der Waals surface area contributed by atoms with E-state index in [1.54, 1.807) is 13.1 Å². The summed E-state index contributed by atoms with van der Waals surface area (Å²) in [5, 5.41) is 13.4. The van der Waals surface area contributed by atoms with Gasteiger partial charge in [0.15, 0.2) is 0 Å². The van der Waals surface area contributed by atoms with E-state index in [9.17, 15) is 14.7 Å². The van der Waals surface area contributed by atoms with Crippen molar-refractivity contribution >= 4 is 11.8 Å². The summed E-state index contributed by atoms with van der Waals surface area (Å²) < 4.78 is 0. The third-order valence-corrected chi connectivity index (χ3v) is 3.92. The topological polar surface area (TPSA) is 69.6 Å². The molecule has 2 N–H and O–H groups in total. The largest absolute Gasteiger partial charge is 0.507 e. The molecule has 0 spiro atoms. The van der Waals surface area contributed by atoms with Crippen LogP contribution in [0.25, 0.3) is 0 Å². The Hall–Kier alpha value is -2.04. The minimum absolute atomic E-state index is 0.00693. The first kappa shape index (κ1) is 21.0. The van der Waals surface area contributed by atoms with E-state index < -0.39 is 0 Å². The summed E-state index contributed by atoms with van der Waals surface area (Å²) in [5.74, 6) is -0.246. The lowest BCUT2D eigenvalue weighted by molar-refractivity contribution is -0.122. The molecular weight excluding hydrogens is 316 g/mol. The molecule has 0 bridgehead atoms. The number of phenolic OH excluding ortho intramolecular Hbond substituents is 1. The Morgan fingerprint density at radius 2 is 1.68 bits per heavy atom. The molecule has 0 aromatic heterocycles. The average Bonchev–Trinajstić information content (AvgIpc) is 2.43. The molecule has 0 aliphatic rings. The molecule has 0 aliphatic carbocycles. The zero-order valence-electron chi connectivity index (χ0n) is 16.7. The van der Waals surface area contributed by atoms with Crippen LogP contribution in [-0.2, 0) is 4.79 Å². The molecule has 140 valence electrons. The number of carbonyl (C=O) groups excluding carboxylic acids is 2.